The van der Waals surface area contributed by atoms with Gasteiger partial charge in [-0.3, -0.25) is 14.4 Å². The summed E-state index contributed by atoms with van der Waals surface area (Å²) < 4.78 is 11.2. The Hall–Kier alpha value is -4.79. The summed E-state index contributed by atoms with van der Waals surface area (Å²) >= 11 is 0. The van der Waals surface area contributed by atoms with Gasteiger partial charge in [-0.2, -0.15) is 0 Å². The summed E-state index contributed by atoms with van der Waals surface area (Å²) in [6, 6.07) is 22.0. The van der Waals surface area contributed by atoms with Crippen LogP contribution in [-0.4, -0.2) is 53.9 Å². The number of nitrogens with zero attached hydrogens (tertiary/aromatic N) is 1. The molecule has 4 rings (SSSR count). The van der Waals surface area contributed by atoms with Gasteiger partial charge in [0.1, 0.15) is 11.5 Å². The zero-order valence-electron chi connectivity index (χ0n) is 22.9. The van der Waals surface area contributed by atoms with Crippen molar-refractivity contribution in [1.29, 1.82) is 0 Å². The summed E-state index contributed by atoms with van der Waals surface area (Å²) in [5, 5.41) is 6.83. The van der Waals surface area contributed by atoms with Crippen molar-refractivity contribution in [1.82, 2.24) is 15.2 Å². The van der Waals surface area contributed by atoms with Gasteiger partial charge in [0.25, 0.3) is 5.91 Å². The van der Waals surface area contributed by atoms with E-state index in [1.807, 2.05) is 54.7 Å². The average Bonchev–Trinajstić information content (AvgIpc) is 3.34. The highest BCUT2D eigenvalue weighted by molar-refractivity contribution is 5.88. The highest BCUT2D eigenvalue weighted by atomic mass is 16.5. The Labute approximate surface area is 235 Å². The van der Waals surface area contributed by atoms with Gasteiger partial charge >= 0.3 is 0 Å². The van der Waals surface area contributed by atoms with Crippen molar-refractivity contribution in [2.75, 3.05) is 25.6 Å². The minimum Gasteiger partial charge on any atom is -0.496 e. The molecular formula is C31H36N4O5. The monoisotopic (exact) mass is 544 g/mol. The van der Waals surface area contributed by atoms with Gasteiger partial charge in [-0.25, -0.2) is 0 Å². The summed E-state index contributed by atoms with van der Waals surface area (Å²) in [6.07, 6.45) is 2.45. The van der Waals surface area contributed by atoms with E-state index >= 15 is 0 Å². The summed E-state index contributed by atoms with van der Waals surface area (Å²) in [7, 11) is 1.60. The molecule has 9 heteroatoms. The van der Waals surface area contributed by atoms with Crippen LogP contribution in [-0.2, 0) is 27.3 Å². The molecule has 3 amide bonds. The fourth-order valence-electron chi connectivity index (χ4n) is 4.59. The Morgan fingerprint density at radius 2 is 1.68 bits per heavy atom. The molecule has 3 N–H and O–H groups in total. The van der Waals surface area contributed by atoms with Crippen molar-refractivity contribution in [3.63, 3.8) is 0 Å². The molecule has 0 aliphatic heterocycles. The van der Waals surface area contributed by atoms with E-state index in [4.69, 9.17) is 9.47 Å². The Kier molecular flexibility index (Phi) is 9.40. The first kappa shape index (κ1) is 28.2. The van der Waals surface area contributed by atoms with Crippen molar-refractivity contribution >= 4 is 34.3 Å². The molecule has 1 unspecified atom stereocenters. The number of H-pyrrole nitrogens is 1. The van der Waals surface area contributed by atoms with Crippen molar-refractivity contribution in [2.24, 2.45) is 0 Å². The van der Waals surface area contributed by atoms with Gasteiger partial charge in [-0.15, -0.1) is 0 Å². The van der Waals surface area contributed by atoms with Crippen LogP contribution in [0.25, 0.3) is 10.9 Å². The number of methoxy groups -OCH3 is 1. The van der Waals surface area contributed by atoms with E-state index in [9.17, 15) is 14.4 Å². The Morgan fingerprint density at radius 3 is 2.40 bits per heavy atom. The highest BCUT2D eigenvalue weighted by Crippen LogP contribution is 2.22. The molecule has 0 saturated heterocycles. The van der Waals surface area contributed by atoms with Gasteiger partial charge < -0.3 is 30.0 Å². The molecule has 0 saturated carbocycles. The van der Waals surface area contributed by atoms with Gasteiger partial charge in [0.05, 0.1) is 13.2 Å². The SMILES string of the molecule is COc1ccccc1CN(CC(Cc1c[nH]c2ccccc12)NC(=O)COc1ccc(NC(C)=O)cc1)C(C)=O.[HH]. The third-order valence-corrected chi connectivity index (χ3v) is 6.49. The molecule has 40 heavy (non-hydrogen) atoms. The number of aromatic nitrogens is 1. The van der Waals surface area contributed by atoms with Gasteiger partial charge in [0, 0.05) is 56.7 Å². The van der Waals surface area contributed by atoms with E-state index in [-0.39, 0.29) is 31.8 Å². The molecule has 1 atom stereocenters. The van der Waals surface area contributed by atoms with Gasteiger partial charge in [0.15, 0.2) is 6.61 Å². The van der Waals surface area contributed by atoms with E-state index in [1.165, 1.54) is 13.8 Å². The topological polar surface area (TPSA) is 113 Å². The molecular weight excluding hydrogens is 508 g/mol. The zero-order valence-corrected chi connectivity index (χ0v) is 22.9. The molecule has 0 fully saturated rings. The maximum Gasteiger partial charge on any atom is 0.258 e. The van der Waals surface area contributed by atoms with E-state index in [1.54, 1.807) is 36.3 Å². The lowest BCUT2D eigenvalue weighted by atomic mass is 10.0. The number of anilines is 1. The minimum atomic E-state index is -0.379. The fourth-order valence-corrected chi connectivity index (χ4v) is 4.59. The van der Waals surface area contributed by atoms with Crippen LogP contribution >= 0.6 is 0 Å². The second-order valence-corrected chi connectivity index (χ2v) is 9.53. The lowest BCUT2D eigenvalue weighted by molar-refractivity contribution is -0.131. The second kappa shape index (κ2) is 13.3. The van der Waals surface area contributed by atoms with E-state index < -0.39 is 0 Å². The molecule has 210 valence electrons. The van der Waals surface area contributed by atoms with Crippen molar-refractivity contribution in [2.45, 2.75) is 32.9 Å². The molecule has 1 aromatic heterocycles. The lowest BCUT2D eigenvalue weighted by Crippen LogP contribution is -2.47. The molecule has 0 aliphatic rings. The number of hydrogen-bond acceptors (Lipinski definition) is 5. The van der Waals surface area contributed by atoms with Crippen LogP contribution in [0.15, 0.2) is 79.0 Å². The molecule has 1 heterocycles. The minimum absolute atomic E-state index is 0. The smallest absolute Gasteiger partial charge is 0.258 e. The number of benzene rings is 3. The number of hydrogen-bond donors (Lipinski definition) is 3. The average molecular weight is 545 g/mol. The Balaban J connectivity index is 0.00000462. The summed E-state index contributed by atoms with van der Waals surface area (Å²) in [4.78, 5) is 41.9. The maximum absolute atomic E-state index is 13.0. The van der Waals surface area contributed by atoms with Crippen LogP contribution < -0.4 is 20.1 Å². The maximum atomic E-state index is 13.0. The van der Waals surface area contributed by atoms with Crippen LogP contribution in [0.4, 0.5) is 5.69 Å². The Morgan fingerprint density at radius 1 is 0.950 bits per heavy atom. The quantitative estimate of drug-likeness (QED) is 0.243. The molecule has 0 spiro atoms. The van der Waals surface area contributed by atoms with Gasteiger partial charge in [0.2, 0.25) is 11.8 Å². The highest BCUT2D eigenvalue weighted by Gasteiger charge is 2.22. The van der Waals surface area contributed by atoms with E-state index in [0.717, 1.165) is 22.0 Å². The van der Waals surface area contributed by atoms with Gasteiger partial charge in [-0.05, 0) is 48.4 Å². The largest absolute Gasteiger partial charge is 0.496 e. The number of aromatic amines is 1. The number of carbonyl (C=O) groups excluding carboxylic acids is 3. The number of ether oxygens (including phenoxy) is 2. The predicted octanol–water partition coefficient (Wildman–Crippen LogP) is 4.54. The number of rotatable bonds is 12. The fraction of sp³-hybridized carbons (Fsp3) is 0.258. The molecule has 3 aromatic carbocycles. The van der Waals surface area contributed by atoms with Crippen LogP contribution in [0.2, 0.25) is 0 Å². The molecule has 4 aromatic rings. The van der Waals surface area contributed by atoms with Crippen LogP contribution in [0.3, 0.4) is 0 Å². The van der Waals surface area contributed by atoms with Gasteiger partial charge in [-0.1, -0.05) is 36.4 Å². The van der Waals surface area contributed by atoms with E-state index in [2.05, 4.69) is 15.6 Å². The van der Waals surface area contributed by atoms with Crippen LogP contribution in [0.1, 0.15) is 26.4 Å². The first-order valence-electron chi connectivity index (χ1n) is 13.0. The number of para-hydroxylation sites is 2. The molecule has 0 bridgehead atoms. The lowest BCUT2D eigenvalue weighted by Gasteiger charge is -2.28. The van der Waals surface area contributed by atoms with E-state index in [0.29, 0.717) is 36.7 Å². The number of carbonyl (C=O) groups is 3. The summed E-state index contributed by atoms with van der Waals surface area (Å²) in [5.41, 5.74) is 3.56. The summed E-state index contributed by atoms with van der Waals surface area (Å²) in [6.45, 7) is 3.40. The summed E-state index contributed by atoms with van der Waals surface area (Å²) in [5.74, 6) is 0.610. The van der Waals surface area contributed by atoms with Crippen molar-refractivity contribution in [3.8, 4) is 11.5 Å². The predicted molar refractivity (Wildman–Crippen MR) is 156 cm³/mol. The molecule has 0 radical (unpaired) electrons. The molecule has 9 nitrogen and oxygen atoms in total. The normalized spacial score (nSPS) is 11.5. The number of amides is 3. The van der Waals surface area contributed by atoms with Crippen molar-refractivity contribution in [3.05, 3.63) is 90.1 Å². The third kappa shape index (κ3) is 7.63. The Bertz CT molecular complexity index is 1470. The van der Waals surface area contributed by atoms with Crippen LogP contribution in [0, 0.1) is 0 Å². The third-order valence-electron chi connectivity index (χ3n) is 6.49. The first-order valence-corrected chi connectivity index (χ1v) is 13.0. The molecule has 0 aliphatic carbocycles. The van der Waals surface area contributed by atoms with Crippen LogP contribution in [0.5, 0.6) is 11.5 Å². The first-order chi connectivity index (χ1) is 19.3. The van der Waals surface area contributed by atoms with Crippen molar-refractivity contribution < 1.29 is 25.3 Å². The number of fused-ring (bicyclic) bond motifs is 1. The zero-order chi connectivity index (χ0) is 28.5. The standard InChI is InChI=1S/C31H34N4O5.H2/c1-21(36)33-25-12-14-27(15-13-25)40-20-31(38)34-26(16-24-17-32-29-10-6-5-9-28(24)29)19-35(22(2)37)18-23-8-4-7-11-30(23)39-3;/h4-15,17,26,32H,16,18-20H2,1-3H3,(H,33,36)(H,34,38);1H. The number of nitrogens with one attached hydrogen (secondary N) is 3. The second-order valence-electron chi connectivity index (χ2n) is 9.53.